The van der Waals surface area contributed by atoms with Crippen molar-refractivity contribution in [3.63, 3.8) is 0 Å². The van der Waals surface area contributed by atoms with Crippen molar-refractivity contribution < 1.29 is 26.0 Å². The molecule has 0 aromatic rings. The first kappa shape index (κ1) is 24.1. The monoisotopic (exact) mass is 253 g/mol. The van der Waals surface area contributed by atoms with Gasteiger partial charge in [0.1, 0.15) is 0 Å². The van der Waals surface area contributed by atoms with Gasteiger partial charge in [-0.3, -0.25) is 0 Å². The Hall–Kier alpha value is 0.176. The number of hydrogen-bond donors (Lipinski definition) is 0. The zero-order valence-electron chi connectivity index (χ0n) is 3.87. The van der Waals surface area contributed by atoms with E-state index in [0.29, 0.717) is 0 Å². The molecule has 0 unspecified atom stereocenters. The summed E-state index contributed by atoms with van der Waals surface area (Å²) in [6.07, 6.45) is 0. The van der Waals surface area contributed by atoms with Gasteiger partial charge in [0.15, 0.2) is 0 Å². The van der Waals surface area contributed by atoms with Gasteiger partial charge in [-0.2, -0.15) is 0 Å². The van der Waals surface area contributed by atoms with E-state index in [0.717, 1.165) is 0 Å². The number of hydrogen-bond acceptors (Lipinski definition) is 4. The van der Waals surface area contributed by atoms with Gasteiger partial charge < -0.3 is 5.48 Å². The molecule has 0 spiro atoms. The zero-order chi connectivity index (χ0) is 5.41. The summed E-state index contributed by atoms with van der Waals surface area (Å²) in [7, 11) is 0. The third-order valence-corrected chi connectivity index (χ3v) is 0. The Bertz CT molecular complexity index is 31.4. The maximum atomic E-state index is 8.53. The van der Waals surface area contributed by atoms with Crippen molar-refractivity contribution in [1.82, 2.24) is 0 Å². The molecule has 0 amide bonds. The summed E-state index contributed by atoms with van der Waals surface area (Å²) < 4.78 is 34.1. The van der Waals surface area contributed by atoms with E-state index in [-0.39, 0.29) is 10.2 Å². The fourth-order valence-electron chi connectivity index (χ4n) is 0. The van der Waals surface area contributed by atoms with Crippen LogP contribution in [0.4, 0.5) is 4.70 Å². The van der Waals surface area contributed by atoms with E-state index in [4.69, 9.17) is 15.8 Å². The van der Waals surface area contributed by atoms with Crippen LogP contribution in [-0.2, 0) is 13.0 Å². The summed E-state index contributed by atoms with van der Waals surface area (Å²) in [6.45, 7) is 0. The molecule has 0 aliphatic rings. The minimum atomic E-state index is -2.19. The van der Waals surface area contributed by atoms with Crippen molar-refractivity contribution in [2.75, 3.05) is 0 Å². The van der Waals surface area contributed by atoms with Crippen molar-refractivity contribution in [3.8, 4) is 0 Å². The first-order valence-corrected chi connectivity index (χ1v) is 4.90. The van der Waals surface area contributed by atoms with Crippen molar-refractivity contribution >= 4 is 31.4 Å². The average molecular weight is 250 g/mol. The molecular formula is H6FGe2O5. The Morgan fingerprint density at radius 2 is 1.00 bits per heavy atom. The van der Waals surface area contributed by atoms with Gasteiger partial charge in [0.2, 0.25) is 0 Å². The van der Waals surface area contributed by atoms with Crippen LogP contribution in [0.15, 0.2) is 0 Å². The third kappa shape index (κ3) is 5360. The molecule has 0 bridgehead atoms. The van der Waals surface area contributed by atoms with Crippen LogP contribution in [0.25, 0.3) is 0 Å². The van der Waals surface area contributed by atoms with Crippen LogP contribution < -0.4 is 8.27 Å². The second kappa shape index (κ2) is 57.8. The summed E-state index contributed by atoms with van der Waals surface area (Å²) >= 11 is -4.38. The van der Waals surface area contributed by atoms with E-state index in [9.17, 15) is 0 Å². The van der Waals surface area contributed by atoms with Crippen LogP contribution in [0.5, 0.6) is 0 Å². The molecule has 8 heavy (non-hydrogen) atoms. The van der Waals surface area contributed by atoms with Crippen LogP contribution in [0, 0.1) is 0 Å². The third-order valence-electron chi connectivity index (χ3n) is 0. The second-order valence-corrected chi connectivity index (χ2v) is 1.00. The topological polar surface area (TPSA) is 115 Å². The zero-order valence-corrected chi connectivity index (χ0v) is 8.72. The van der Waals surface area contributed by atoms with Crippen molar-refractivity contribution in [2.45, 2.75) is 0 Å². The van der Waals surface area contributed by atoms with E-state index < -0.39 is 31.4 Å². The predicted octanol–water partition coefficient (Wildman–Crippen LogP) is -4.68. The van der Waals surface area contributed by atoms with E-state index in [1.54, 1.807) is 0 Å². The van der Waals surface area contributed by atoms with Gasteiger partial charge in [-0.15, -0.1) is 0 Å². The van der Waals surface area contributed by atoms with E-state index in [1.807, 2.05) is 0 Å². The Morgan fingerprint density at radius 3 is 1.00 bits per heavy atom. The molecule has 0 aromatic carbocycles. The molecule has 5 nitrogen and oxygen atoms in total. The average Bonchev–Trinajstić information content (AvgIpc) is 1.39. The van der Waals surface area contributed by atoms with Gasteiger partial charge in [0, 0.05) is 4.70 Å². The van der Waals surface area contributed by atoms with Crippen LogP contribution >= 0.6 is 0 Å². The van der Waals surface area contributed by atoms with E-state index >= 15 is 0 Å². The van der Waals surface area contributed by atoms with Crippen LogP contribution in [0.2, 0.25) is 0 Å². The SMILES string of the molecule is [F].[OH4+2].[O]=[GeH][O-].[O]=[GeH][O-]. The molecule has 0 aromatic heterocycles. The Kier molecular flexibility index (Phi) is 174. The fourth-order valence-corrected chi connectivity index (χ4v) is 0. The molecule has 0 atom stereocenters. The normalized spacial score (nSPS) is 3.00. The summed E-state index contributed by atoms with van der Waals surface area (Å²) in [6, 6.07) is 0. The van der Waals surface area contributed by atoms with Gasteiger partial charge in [-0.25, -0.2) is 0 Å². The molecular weight excluding hydrogens is 244 g/mol. The predicted molar refractivity (Wildman–Crippen MR) is 23.0 cm³/mol. The van der Waals surface area contributed by atoms with Crippen molar-refractivity contribution in [3.05, 3.63) is 0 Å². The van der Waals surface area contributed by atoms with Crippen LogP contribution in [0.3, 0.4) is 0 Å². The Morgan fingerprint density at radius 1 is 1.00 bits per heavy atom. The Balaban J connectivity index is -0.0000000160. The van der Waals surface area contributed by atoms with E-state index in [1.165, 1.54) is 0 Å². The summed E-state index contributed by atoms with van der Waals surface area (Å²) in [5.41, 5.74) is 0. The first-order chi connectivity index (χ1) is 2.83. The van der Waals surface area contributed by atoms with Crippen LogP contribution in [-0.4, -0.2) is 31.4 Å². The molecule has 0 heterocycles. The summed E-state index contributed by atoms with van der Waals surface area (Å²) in [5.74, 6) is 0. The second-order valence-electron chi connectivity index (χ2n) is 0.192. The van der Waals surface area contributed by atoms with Gasteiger partial charge in [0.25, 0.3) is 0 Å². The maximum absolute atomic E-state index is 8.53. The summed E-state index contributed by atoms with van der Waals surface area (Å²) in [4.78, 5) is 0. The first-order valence-electron chi connectivity index (χ1n) is 0.943. The molecule has 0 saturated carbocycles. The van der Waals surface area contributed by atoms with Crippen LogP contribution in [0.1, 0.15) is 0 Å². The number of rotatable bonds is 0. The molecule has 8 heteroatoms. The molecule has 4 N–H and O–H groups in total. The van der Waals surface area contributed by atoms with Gasteiger partial charge >= 0.3 is 47.2 Å². The molecule has 0 fully saturated rings. The van der Waals surface area contributed by atoms with Crippen molar-refractivity contribution in [2.24, 2.45) is 0 Å². The quantitative estimate of drug-likeness (QED) is 0.402. The minimum absolute atomic E-state index is 0. The molecule has 0 aliphatic heterocycles. The Labute approximate surface area is 57.8 Å². The molecule has 1 radical (unpaired) electrons. The molecule has 51 valence electrons. The summed E-state index contributed by atoms with van der Waals surface area (Å²) in [5, 5.41) is 0. The van der Waals surface area contributed by atoms with Gasteiger partial charge in [-0.05, 0) is 0 Å². The molecule has 0 saturated heterocycles. The standard InChI is InChI=1S/F.2GeHO2.H4O/c;2*2-1-3;/h;2*1H;1H4/q;2*-1;+2. The van der Waals surface area contributed by atoms with Gasteiger partial charge in [0.05, 0.1) is 0 Å². The number of halogens is 1. The molecule has 0 rings (SSSR count). The fraction of sp³-hybridized carbons (Fsp3) is 0. The van der Waals surface area contributed by atoms with Crippen molar-refractivity contribution in [1.29, 1.82) is 0 Å². The van der Waals surface area contributed by atoms with Gasteiger partial charge in [-0.1, -0.05) is 0 Å². The van der Waals surface area contributed by atoms with E-state index in [2.05, 4.69) is 0 Å². The molecule has 0 aliphatic carbocycles.